The first-order valence-electron chi connectivity index (χ1n) is 5.51. The summed E-state index contributed by atoms with van der Waals surface area (Å²) in [6.07, 6.45) is -2.03. The first kappa shape index (κ1) is 16.6. The van der Waals surface area contributed by atoms with Crippen LogP contribution >= 0.6 is 8.69 Å². The van der Waals surface area contributed by atoms with E-state index in [9.17, 15) is 23.7 Å². The average molecular weight is 308 g/mol. The fourth-order valence-corrected chi connectivity index (χ4v) is 1.84. The molecule has 0 aliphatic carbocycles. The van der Waals surface area contributed by atoms with E-state index in [1.54, 1.807) is 0 Å². The number of alkyl halides is 1. The number of methoxy groups -OCH3 is 1. The summed E-state index contributed by atoms with van der Waals surface area (Å²) in [5, 5.41) is 9.97. The predicted molar refractivity (Wildman–Crippen MR) is 66.4 cm³/mol. The lowest BCUT2D eigenvalue weighted by Gasteiger charge is -2.32. The Balaban J connectivity index is 3.09. The van der Waals surface area contributed by atoms with Crippen molar-refractivity contribution in [2.75, 3.05) is 13.7 Å². The number of aromatic amines is 1. The molecule has 112 valence electrons. The lowest BCUT2D eigenvalue weighted by atomic mass is 10.0. The van der Waals surface area contributed by atoms with Gasteiger partial charge in [-0.2, -0.15) is 0 Å². The van der Waals surface area contributed by atoms with Gasteiger partial charge in [-0.15, -0.1) is 0 Å². The lowest BCUT2D eigenvalue weighted by molar-refractivity contribution is -0.135. The van der Waals surface area contributed by atoms with E-state index in [1.165, 1.54) is 7.11 Å². The number of aliphatic hydroxyl groups excluding tert-OH is 1. The number of aliphatic hydroxyl groups is 1. The molecule has 0 amide bonds. The zero-order chi connectivity index (χ0) is 15.3. The Hall–Kier alpha value is -1.41. The minimum Gasteiger partial charge on any atom is -0.385 e. The maximum Gasteiger partial charge on any atom is 0.330 e. The Labute approximate surface area is 114 Å². The fourth-order valence-electron chi connectivity index (χ4n) is 1.64. The van der Waals surface area contributed by atoms with E-state index in [0.29, 0.717) is 4.57 Å². The lowest BCUT2D eigenvalue weighted by Crippen LogP contribution is -2.52. The summed E-state index contributed by atoms with van der Waals surface area (Å²) in [5.74, 6) is -2.56. The van der Waals surface area contributed by atoms with E-state index in [2.05, 4.69) is 4.52 Å². The molecule has 1 heterocycles. The summed E-state index contributed by atoms with van der Waals surface area (Å²) < 4.78 is 34.7. The van der Waals surface area contributed by atoms with Crippen LogP contribution in [-0.2, 0) is 19.6 Å². The average Bonchev–Trinajstić information content (AvgIpc) is 2.38. The van der Waals surface area contributed by atoms with Gasteiger partial charge in [0.2, 0.25) is 5.79 Å². The van der Waals surface area contributed by atoms with Crippen LogP contribution in [0.3, 0.4) is 0 Å². The van der Waals surface area contributed by atoms with Crippen LogP contribution in [0, 0.1) is 0 Å². The van der Waals surface area contributed by atoms with Gasteiger partial charge in [0, 0.05) is 19.4 Å². The summed E-state index contributed by atoms with van der Waals surface area (Å²) >= 11 is 0. The zero-order valence-corrected chi connectivity index (χ0v) is 11.7. The second-order valence-electron chi connectivity index (χ2n) is 4.09. The van der Waals surface area contributed by atoms with Gasteiger partial charge in [0.15, 0.2) is 0 Å². The normalized spacial score (nSPS) is 17.6. The van der Waals surface area contributed by atoms with Gasteiger partial charge in [-0.1, -0.05) is 0 Å². The number of ether oxygens (including phenoxy) is 1. The SMILES string of the molecule is COC(COP=O)[C@@H](O)[C@@](C)(F)n1ccc(=O)[nH]c1=O. The molecule has 0 spiro atoms. The fraction of sp³-hybridized carbons (Fsp3) is 0.600. The van der Waals surface area contributed by atoms with E-state index in [1.807, 2.05) is 4.98 Å². The van der Waals surface area contributed by atoms with Crippen molar-refractivity contribution in [3.63, 3.8) is 0 Å². The number of H-pyrrole nitrogens is 1. The van der Waals surface area contributed by atoms with Crippen molar-refractivity contribution in [1.82, 2.24) is 9.55 Å². The molecule has 1 aromatic rings. The van der Waals surface area contributed by atoms with Crippen molar-refractivity contribution in [2.24, 2.45) is 0 Å². The highest BCUT2D eigenvalue weighted by Crippen LogP contribution is 2.24. The van der Waals surface area contributed by atoms with Crippen molar-refractivity contribution < 1.29 is 23.3 Å². The third-order valence-electron chi connectivity index (χ3n) is 2.78. The molecule has 8 nitrogen and oxygen atoms in total. The highest BCUT2D eigenvalue weighted by molar-refractivity contribution is 7.17. The molecule has 0 aliphatic rings. The quantitative estimate of drug-likeness (QED) is 0.674. The van der Waals surface area contributed by atoms with Gasteiger partial charge in [0.05, 0.1) is 6.61 Å². The minimum absolute atomic E-state index is 0.347. The van der Waals surface area contributed by atoms with Crippen LogP contribution in [0.2, 0.25) is 0 Å². The number of rotatable bonds is 7. The van der Waals surface area contributed by atoms with Crippen LogP contribution in [0.5, 0.6) is 0 Å². The van der Waals surface area contributed by atoms with Crippen LogP contribution in [0.25, 0.3) is 0 Å². The molecule has 0 saturated carbocycles. The maximum atomic E-state index is 14.6. The van der Waals surface area contributed by atoms with Gasteiger partial charge in [0.25, 0.3) is 5.56 Å². The Morgan fingerprint density at radius 1 is 1.60 bits per heavy atom. The summed E-state index contributed by atoms with van der Waals surface area (Å²) in [5.41, 5.74) is -1.70. The maximum absolute atomic E-state index is 14.6. The van der Waals surface area contributed by atoms with Crippen molar-refractivity contribution in [3.8, 4) is 0 Å². The smallest absolute Gasteiger partial charge is 0.330 e. The molecule has 1 unspecified atom stereocenters. The number of aromatic nitrogens is 2. The molecule has 0 aromatic carbocycles. The Morgan fingerprint density at radius 3 is 2.75 bits per heavy atom. The van der Waals surface area contributed by atoms with Gasteiger partial charge < -0.3 is 9.84 Å². The van der Waals surface area contributed by atoms with Crippen molar-refractivity contribution >= 4 is 8.69 Å². The summed E-state index contributed by atoms with van der Waals surface area (Å²) in [4.78, 5) is 24.4. The molecule has 1 rings (SSSR count). The van der Waals surface area contributed by atoms with Gasteiger partial charge in [-0.25, -0.2) is 13.8 Å². The van der Waals surface area contributed by atoms with E-state index < -0.39 is 37.9 Å². The summed E-state index contributed by atoms with van der Waals surface area (Å²) in [7, 11) is 0.553. The minimum atomic E-state index is -2.56. The molecule has 0 fully saturated rings. The van der Waals surface area contributed by atoms with Gasteiger partial charge in [0.1, 0.15) is 12.2 Å². The molecule has 10 heteroatoms. The van der Waals surface area contributed by atoms with E-state index in [-0.39, 0.29) is 6.61 Å². The van der Waals surface area contributed by atoms with Crippen molar-refractivity contribution in [2.45, 2.75) is 24.9 Å². The standard InChI is InChI=1S/C10H14FN2O6P/c1-10(11,8(15)6(18-2)5-19-20-17)13-4-3-7(14)12-9(13)16/h3-4,6,8,15H,5H2,1-2H3,(H,12,14,16)/t6?,8-,10+/m1/s1. The molecule has 0 bridgehead atoms. The van der Waals surface area contributed by atoms with Crippen LogP contribution < -0.4 is 11.2 Å². The number of nitrogens with one attached hydrogen (secondary N) is 1. The van der Waals surface area contributed by atoms with Crippen LogP contribution in [0.4, 0.5) is 4.39 Å². The molecule has 20 heavy (non-hydrogen) atoms. The van der Waals surface area contributed by atoms with Gasteiger partial charge in [-0.3, -0.25) is 18.9 Å². The van der Waals surface area contributed by atoms with Crippen molar-refractivity contribution in [3.05, 3.63) is 33.1 Å². The highest BCUT2D eigenvalue weighted by Gasteiger charge is 2.41. The van der Waals surface area contributed by atoms with Crippen LogP contribution in [0.1, 0.15) is 6.92 Å². The Kier molecular flexibility index (Phi) is 5.70. The highest BCUT2D eigenvalue weighted by atomic mass is 31.1. The van der Waals surface area contributed by atoms with Crippen LogP contribution in [-0.4, -0.2) is 40.6 Å². The number of hydrogen-bond acceptors (Lipinski definition) is 6. The first-order valence-corrected chi connectivity index (χ1v) is 6.24. The molecule has 0 radical (unpaired) electrons. The second kappa shape index (κ2) is 6.85. The predicted octanol–water partition coefficient (Wildman–Crippen LogP) is -0.222. The second-order valence-corrected chi connectivity index (χ2v) is 4.50. The van der Waals surface area contributed by atoms with Gasteiger partial charge >= 0.3 is 14.4 Å². The number of halogens is 1. The molecular weight excluding hydrogens is 294 g/mol. The molecule has 1 aromatic heterocycles. The largest absolute Gasteiger partial charge is 0.385 e. The molecule has 0 saturated heterocycles. The molecular formula is C10H14FN2O6P. The summed E-state index contributed by atoms with van der Waals surface area (Å²) in [6, 6.07) is 0.945. The third kappa shape index (κ3) is 3.57. The van der Waals surface area contributed by atoms with Gasteiger partial charge in [-0.05, 0) is 6.92 Å². The first-order chi connectivity index (χ1) is 9.34. The third-order valence-corrected chi connectivity index (χ3v) is 3.04. The number of hydrogen-bond donors (Lipinski definition) is 2. The monoisotopic (exact) mass is 308 g/mol. The Bertz CT molecular complexity index is 571. The zero-order valence-electron chi connectivity index (χ0n) is 10.8. The molecule has 3 atom stereocenters. The van der Waals surface area contributed by atoms with E-state index in [0.717, 1.165) is 19.2 Å². The summed E-state index contributed by atoms with van der Waals surface area (Å²) in [6.45, 7) is 0.596. The molecule has 2 N–H and O–H groups in total. The van der Waals surface area contributed by atoms with E-state index >= 15 is 0 Å². The van der Waals surface area contributed by atoms with Crippen molar-refractivity contribution in [1.29, 1.82) is 0 Å². The molecule has 0 aliphatic heterocycles. The Morgan fingerprint density at radius 2 is 2.25 bits per heavy atom. The van der Waals surface area contributed by atoms with E-state index in [4.69, 9.17) is 4.74 Å². The van der Waals surface area contributed by atoms with Crippen LogP contribution in [0.15, 0.2) is 21.9 Å². The number of nitrogens with zero attached hydrogens (tertiary/aromatic N) is 1. The topological polar surface area (TPSA) is 111 Å².